The van der Waals surface area contributed by atoms with Crippen molar-refractivity contribution in [3.05, 3.63) is 47.4 Å². The van der Waals surface area contributed by atoms with Gasteiger partial charge in [0.1, 0.15) is 12.1 Å². The molecule has 1 N–H and O–H groups in total. The zero-order chi connectivity index (χ0) is 14.9. The van der Waals surface area contributed by atoms with Gasteiger partial charge >= 0.3 is 0 Å². The van der Waals surface area contributed by atoms with Gasteiger partial charge in [-0.25, -0.2) is 9.97 Å². The molecular weight excluding hydrogens is 262 g/mol. The van der Waals surface area contributed by atoms with Gasteiger partial charge in [0.05, 0.1) is 11.3 Å². The Morgan fingerprint density at radius 3 is 2.76 bits per heavy atom. The first-order valence-electron chi connectivity index (χ1n) is 7.36. The molecule has 0 amide bonds. The first-order valence-corrected chi connectivity index (χ1v) is 7.36. The van der Waals surface area contributed by atoms with Crippen molar-refractivity contribution in [2.75, 3.05) is 6.54 Å². The molecule has 1 aliphatic rings. The lowest BCUT2D eigenvalue weighted by molar-refractivity contribution is 0.425. The normalized spacial score (nSPS) is 14.6. The second kappa shape index (κ2) is 5.45. The molecule has 0 bridgehead atoms. The van der Waals surface area contributed by atoms with Gasteiger partial charge in [-0.05, 0) is 11.5 Å². The van der Waals surface area contributed by atoms with Crippen LogP contribution in [0.15, 0.2) is 30.6 Å². The van der Waals surface area contributed by atoms with Crippen LogP contribution in [-0.4, -0.2) is 16.5 Å². The number of benzene rings is 1. The Bertz CT molecular complexity index is 647. The Labute approximate surface area is 125 Å². The van der Waals surface area contributed by atoms with Crippen molar-refractivity contribution in [3.8, 4) is 11.6 Å². The van der Waals surface area contributed by atoms with Gasteiger partial charge < -0.3 is 10.1 Å². The van der Waals surface area contributed by atoms with Crippen molar-refractivity contribution in [1.82, 2.24) is 15.3 Å². The number of nitrogens with one attached hydrogen (secondary N) is 1. The molecule has 2 aromatic rings. The number of aromatic nitrogens is 2. The first kappa shape index (κ1) is 14.0. The highest BCUT2D eigenvalue weighted by Crippen LogP contribution is 2.34. The highest BCUT2D eigenvalue weighted by Gasteiger charge is 2.21. The van der Waals surface area contributed by atoms with Crippen LogP contribution in [0.1, 0.15) is 37.6 Å². The Morgan fingerprint density at radius 2 is 1.95 bits per heavy atom. The van der Waals surface area contributed by atoms with Crippen LogP contribution in [0.2, 0.25) is 0 Å². The Balaban J connectivity index is 1.99. The van der Waals surface area contributed by atoms with Gasteiger partial charge in [-0.15, -0.1) is 0 Å². The molecule has 1 aliphatic heterocycles. The summed E-state index contributed by atoms with van der Waals surface area (Å²) in [6, 6.07) is 8.16. The third-order valence-electron chi connectivity index (χ3n) is 3.74. The van der Waals surface area contributed by atoms with E-state index in [9.17, 15) is 0 Å². The second-order valence-corrected chi connectivity index (χ2v) is 6.38. The molecule has 0 spiro atoms. The van der Waals surface area contributed by atoms with E-state index in [0.29, 0.717) is 5.88 Å². The minimum absolute atomic E-state index is 0.0297. The zero-order valence-corrected chi connectivity index (χ0v) is 12.8. The van der Waals surface area contributed by atoms with Crippen LogP contribution >= 0.6 is 0 Å². The summed E-state index contributed by atoms with van der Waals surface area (Å²) in [5, 5.41) is 3.35. The average Bonchev–Trinajstić information content (AvgIpc) is 2.47. The number of para-hydroxylation sites is 1. The lowest BCUT2D eigenvalue weighted by Crippen LogP contribution is -2.25. The molecule has 0 atom stereocenters. The minimum atomic E-state index is 0.0297. The third kappa shape index (κ3) is 2.90. The van der Waals surface area contributed by atoms with E-state index in [2.05, 4.69) is 42.1 Å². The quantitative estimate of drug-likeness (QED) is 0.919. The van der Waals surface area contributed by atoms with Crippen LogP contribution in [0.5, 0.6) is 11.6 Å². The average molecular weight is 283 g/mol. The summed E-state index contributed by atoms with van der Waals surface area (Å²) in [7, 11) is 0. The molecule has 1 aromatic heterocycles. The molecule has 1 aromatic carbocycles. The molecule has 0 saturated heterocycles. The van der Waals surface area contributed by atoms with E-state index < -0.39 is 0 Å². The molecule has 2 heterocycles. The van der Waals surface area contributed by atoms with Crippen LogP contribution in [0.4, 0.5) is 0 Å². The molecule has 0 fully saturated rings. The summed E-state index contributed by atoms with van der Waals surface area (Å²) in [6.45, 7) is 8.29. The third-order valence-corrected chi connectivity index (χ3v) is 3.74. The predicted molar refractivity (Wildman–Crippen MR) is 82.7 cm³/mol. The van der Waals surface area contributed by atoms with E-state index in [4.69, 9.17) is 4.74 Å². The van der Waals surface area contributed by atoms with Gasteiger partial charge in [0.2, 0.25) is 5.88 Å². The summed E-state index contributed by atoms with van der Waals surface area (Å²) < 4.78 is 6.14. The Kier molecular flexibility index (Phi) is 3.64. The van der Waals surface area contributed by atoms with Crippen LogP contribution in [-0.2, 0) is 18.4 Å². The highest BCUT2D eigenvalue weighted by molar-refractivity contribution is 5.42. The smallest absolute Gasteiger partial charge is 0.227 e. The topological polar surface area (TPSA) is 47.0 Å². The van der Waals surface area contributed by atoms with E-state index in [1.54, 1.807) is 6.33 Å². The van der Waals surface area contributed by atoms with E-state index >= 15 is 0 Å². The van der Waals surface area contributed by atoms with E-state index in [1.807, 2.05) is 18.2 Å². The molecule has 0 unspecified atom stereocenters. The number of nitrogens with zero attached hydrogens (tertiary/aromatic N) is 2. The molecule has 4 heteroatoms. The molecule has 110 valence electrons. The number of rotatable bonds is 2. The summed E-state index contributed by atoms with van der Waals surface area (Å²) in [4.78, 5) is 8.70. The van der Waals surface area contributed by atoms with Crippen molar-refractivity contribution in [2.24, 2.45) is 0 Å². The molecule has 0 saturated carbocycles. The lowest BCUT2D eigenvalue weighted by atomic mass is 9.86. The van der Waals surface area contributed by atoms with E-state index in [-0.39, 0.29) is 5.41 Å². The monoisotopic (exact) mass is 283 g/mol. The van der Waals surface area contributed by atoms with Crippen molar-refractivity contribution in [1.29, 1.82) is 0 Å². The highest BCUT2D eigenvalue weighted by atomic mass is 16.5. The van der Waals surface area contributed by atoms with Crippen molar-refractivity contribution in [3.63, 3.8) is 0 Å². The zero-order valence-electron chi connectivity index (χ0n) is 12.8. The maximum absolute atomic E-state index is 6.14. The van der Waals surface area contributed by atoms with E-state index in [0.717, 1.165) is 36.5 Å². The van der Waals surface area contributed by atoms with Crippen LogP contribution < -0.4 is 10.1 Å². The minimum Gasteiger partial charge on any atom is -0.438 e. The first-order chi connectivity index (χ1) is 10.1. The SMILES string of the molecule is CC(C)(C)c1ccccc1Oc1ncnc2c1CNCC2. The largest absolute Gasteiger partial charge is 0.438 e. The number of hydrogen-bond acceptors (Lipinski definition) is 4. The number of fused-ring (bicyclic) bond motifs is 1. The summed E-state index contributed by atoms with van der Waals surface area (Å²) >= 11 is 0. The van der Waals surface area contributed by atoms with Gasteiger partial charge in [0.15, 0.2) is 0 Å². The standard InChI is InChI=1S/C17H21N3O/c1-17(2,3)13-6-4-5-7-15(13)21-16-12-10-18-9-8-14(12)19-11-20-16/h4-7,11,18H,8-10H2,1-3H3. The molecular formula is C17H21N3O. The number of ether oxygens (including phenoxy) is 1. The molecule has 0 radical (unpaired) electrons. The summed E-state index contributed by atoms with van der Waals surface area (Å²) in [6.07, 6.45) is 2.52. The van der Waals surface area contributed by atoms with Crippen molar-refractivity contribution in [2.45, 2.75) is 39.2 Å². The van der Waals surface area contributed by atoms with Crippen LogP contribution in [0, 0.1) is 0 Å². The van der Waals surface area contributed by atoms with Crippen molar-refractivity contribution < 1.29 is 4.74 Å². The Morgan fingerprint density at radius 1 is 1.14 bits per heavy atom. The predicted octanol–water partition coefficient (Wildman–Crippen LogP) is 3.21. The Hall–Kier alpha value is -1.94. The maximum Gasteiger partial charge on any atom is 0.227 e. The fraction of sp³-hybridized carbons (Fsp3) is 0.412. The van der Waals surface area contributed by atoms with Gasteiger partial charge in [-0.3, -0.25) is 0 Å². The van der Waals surface area contributed by atoms with Gasteiger partial charge in [-0.1, -0.05) is 39.0 Å². The van der Waals surface area contributed by atoms with E-state index in [1.165, 1.54) is 5.56 Å². The molecule has 21 heavy (non-hydrogen) atoms. The molecule has 0 aliphatic carbocycles. The van der Waals surface area contributed by atoms with Gasteiger partial charge in [0, 0.05) is 25.1 Å². The van der Waals surface area contributed by atoms with Crippen molar-refractivity contribution >= 4 is 0 Å². The maximum atomic E-state index is 6.14. The van der Waals surface area contributed by atoms with Crippen LogP contribution in [0.3, 0.4) is 0 Å². The fourth-order valence-electron chi connectivity index (χ4n) is 2.61. The second-order valence-electron chi connectivity index (χ2n) is 6.38. The fourth-order valence-corrected chi connectivity index (χ4v) is 2.61. The summed E-state index contributed by atoms with van der Waals surface area (Å²) in [5.74, 6) is 1.54. The summed E-state index contributed by atoms with van der Waals surface area (Å²) in [5.41, 5.74) is 3.38. The molecule has 3 rings (SSSR count). The molecule has 4 nitrogen and oxygen atoms in total. The van der Waals surface area contributed by atoms with Gasteiger partial charge in [-0.2, -0.15) is 0 Å². The van der Waals surface area contributed by atoms with Gasteiger partial charge in [0.25, 0.3) is 0 Å². The van der Waals surface area contributed by atoms with Crippen LogP contribution in [0.25, 0.3) is 0 Å². The lowest BCUT2D eigenvalue weighted by Gasteiger charge is -2.23. The number of hydrogen-bond donors (Lipinski definition) is 1.